The zero-order valence-electron chi connectivity index (χ0n) is 21.4. The molecule has 1 aliphatic rings. The number of hydrogen-bond acceptors (Lipinski definition) is 12. The summed E-state index contributed by atoms with van der Waals surface area (Å²) in [5.41, 5.74) is -1.77. The number of phenolic OH excluding ortho intramolecular Hbond substituents is 3. The number of aliphatic hydroxyl groups excluding tert-OH is 1. The first-order chi connectivity index (χ1) is 18.9. The number of carbonyl (C=O) groups is 3. The molecule has 1 fully saturated rings. The van der Waals surface area contributed by atoms with E-state index in [1.807, 2.05) is 0 Å². The highest BCUT2D eigenvalue weighted by atomic mass is 16.6. The molecule has 13 nitrogen and oxygen atoms in total. The van der Waals surface area contributed by atoms with Crippen LogP contribution >= 0.6 is 0 Å². The first kappa shape index (κ1) is 29.8. The Morgan fingerprint density at radius 1 is 0.850 bits per heavy atom. The Hall–Kier alpha value is -4.75. The van der Waals surface area contributed by atoms with Gasteiger partial charge in [-0.2, -0.15) is 0 Å². The van der Waals surface area contributed by atoms with Crippen molar-refractivity contribution in [2.45, 2.75) is 36.8 Å². The number of phenols is 3. The molecule has 13 heteroatoms. The SMILES string of the molecule is COc1cc(/C=C/C(=O)O[C@@H]2[C@@H](OC(=O)/C=C/c3ccc(O)c(O)c3)C[C@@](O)(C(=O)O)C[C@@H]2O)cc(OC)c1O. The van der Waals surface area contributed by atoms with Gasteiger partial charge in [-0.15, -0.1) is 0 Å². The minimum Gasteiger partial charge on any atom is -0.504 e. The molecule has 0 heterocycles. The quantitative estimate of drug-likeness (QED) is 0.145. The number of carboxylic acids is 1. The standard InChI is InChI=1S/C27H28O13/c1-37-19-10-15(11-20(38-2)24(19)33)5-8-23(32)40-25-18(30)12-27(36,26(34)35)13-21(25)39-22(31)7-4-14-3-6-16(28)17(29)9-14/h3-11,18,21,25,28-30,33,36H,12-13H2,1-2H3,(H,34,35)/b7-4+,8-5+/t18-,21-,25-,27+/m0/s1. The number of aliphatic carboxylic acids is 1. The minimum atomic E-state index is -2.46. The molecule has 2 aromatic rings. The van der Waals surface area contributed by atoms with Crippen LogP contribution in [-0.4, -0.2) is 86.7 Å². The third kappa shape index (κ3) is 7.01. The number of ether oxygens (including phenoxy) is 4. The highest BCUT2D eigenvalue weighted by molar-refractivity contribution is 5.88. The highest BCUT2D eigenvalue weighted by Crippen LogP contribution is 2.37. The van der Waals surface area contributed by atoms with Crippen LogP contribution in [0.25, 0.3) is 12.2 Å². The van der Waals surface area contributed by atoms with Crippen molar-refractivity contribution >= 4 is 30.1 Å². The average molecular weight is 561 g/mol. The van der Waals surface area contributed by atoms with Crippen molar-refractivity contribution in [3.8, 4) is 28.7 Å². The fraction of sp³-hybridized carbons (Fsp3) is 0.296. The number of carboxylic acid groups (broad SMARTS) is 1. The van der Waals surface area contributed by atoms with E-state index in [2.05, 4.69) is 0 Å². The van der Waals surface area contributed by atoms with E-state index in [0.29, 0.717) is 11.1 Å². The Kier molecular flexibility index (Phi) is 9.24. The van der Waals surface area contributed by atoms with Gasteiger partial charge in [-0.3, -0.25) is 0 Å². The van der Waals surface area contributed by atoms with Gasteiger partial charge >= 0.3 is 17.9 Å². The van der Waals surface area contributed by atoms with Crippen molar-refractivity contribution in [3.05, 3.63) is 53.6 Å². The molecule has 0 aliphatic heterocycles. The summed E-state index contributed by atoms with van der Waals surface area (Å²) in [5, 5.41) is 59.5. The lowest BCUT2D eigenvalue weighted by atomic mass is 9.79. The van der Waals surface area contributed by atoms with E-state index < -0.39 is 60.4 Å². The van der Waals surface area contributed by atoms with E-state index in [1.165, 1.54) is 56.7 Å². The summed E-state index contributed by atoms with van der Waals surface area (Å²) in [5.74, 6) is -4.58. The van der Waals surface area contributed by atoms with Crippen molar-refractivity contribution in [1.82, 2.24) is 0 Å². The van der Waals surface area contributed by atoms with Crippen LogP contribution in [0.3, 0.4) is 0 Å². The number of rotatable bonds is 9. The van der Waals surface area contributed by atoms with Crippen LogP contribution in [0.2, 0.25) is 0 Å². The molecular weight excluding hydrogens is 532 g/mol. The van der Waals surface area contributed by atoms with Gasteiger partial charge in [-0.1, -0.05) is 6.07 Å². The Labute approximate surface area is 227 Å². The van der Waals surface area contributed by atoms with Crippen LogP contribution in [0.4, 0.5) is 0 Å². The number of benzene rings is 2. The van der Waals surface area contributed by atoms with Gasteiger partial charge in [0.1, 0.15) is 6.10 Å². The normalized spacial score (nSPS) is 22.6. The predicted octanol–water partition coefficient (Wildman–Crippen LogP) is 1.34. The Morgan fingerprint density at radius 3 is 1.98 bits per heavy atom. The second kappa shape index (κ2) is 12.4. The van der Waals surface area contributed by atoms with Crippen molar-refractivity contribution in [3.63, 3.8) is 0 Å². The maximum atomic E-state index is 12.6. The van der Waals surface area contributed by atoms with Crippen LogP contribution in [0.5, 0.6) is 28.7 Å². The van der Waals surface area contributed by atoms with E-state index in [0.717, 1.165) is 12.2 Å². The van der Waals surface area contributed by atoms with Gasteiger partial charge in [0.2, 0.25) is 5.75 Å². The first-order valence-electron chi connectivity index (χ1n) is 11.7. The van der Waals surface area contributed by atoms with Crippen molar-refractivity contribution in [2.24, 2.45) is 0 Å². The Bertz CT molecular complexity index is 1310. The van der Waals surface area contributed by atoms with E-state index >= 15 is 0 Å². The summed E-state index contributed by atoms with van der Waals surface area (Å²) in [6, 6.07) is 6.58. The van der Waals surface area contributed by atoms with Crippen LogP contribution < -0.4 is 9.47 Å². The van der Waals surface area contributed by atoms with Crippen molar-refractivity contribution < 1.29 is 64.0 Å². The lowest BCUT2D eigenvalue weighted by Crippen LogP contribution is -2.58. The molecular formula is C27H28O13. The monoisotopic (exact) mass is 560 g/mol. The lowest BCUT2D eigenvalue weighted by molar-refractivity contribution is -0.204. The maximum Gasteiger partial charge on any atom is 0.335 e. The topological polar surface area (TPSA) is 210 Å². The largest absolute Gasteiger partial charge is 0.504 e. The smallest absolute Gasteiger partial charge is 0.335 e. The Balaban J connectivity index is 1.78. The fourth-order valence-electron chi connectivity index (χ4n) is 4.02. The molecule has 2 aromatic carbocycles. The summed E-state index contributed by atoms with van der Waals surface area (Å²) >= 11 is 0. The molecule has 4 atom stereocenters. The number of aromatic hydroxyl groups is 3. The lowest BCUT2D eigenvalue weighted by Gasteiger charge is -2.40. The summed E-state index contributed by atoms with van der Waals surface area (Å²) in [6.45, 7) is 0. The molecule has 1 aliphatic carbocycles. The first-order valence-corrected chi connectivity index (χ1v) is 11.7. The number of methoxy groups -OCH3 is 2. The second-order valence-corrected chi connectivity index (χ2v) is 8.88. The van der Waals surface area contributed by atoms with Gasteiger partial charge in [0.05, 0.1) is 20.3 Å². The second-order valence-electron chi connectivity index (χ2n) is 8.88. The zero-order valence-corrected chi connectivity index (χ0v) is 21.4. The molecule has 0 unspecified atom stereocenters. The van der Waals surface area contributed by atoms with Gasteiger partial charge in [0.25, 0.3) is 0 Å². The third-order valence-electron chi connectivity index (χ3n) is 6.07. The molecule has 6 N–H and O–H groups in total. The highest BCUT2D eigenvalue weighted by Gasteiger charge is 2.52. The van der Waals surface area contributed by atoms with Crippen LogP contribution in [-0.2, 0) is 23.9 Å². The van der Waals surface area contributed by atoms with E-state index in [-0.39, 0.29) is 23.0 Å². The molecule has 0 radical (unpaired) electrons. The summed E-state index contributed by atoms with van der Waals surface area (Å²) in [4.78, 5) is 36.7. The van der Waals surface area contributed by atoms with Gasteiger partial charge in [-0.25, -0.2) is 14.4 Å². The molecule has 3 rings (SSSR count). The van der Waals surface area contributed by atoms with Crippen molar-refractivity contribution in [1.29, 1.82) is 0 Å². The summed E-state index contributed by atoms with van der Waals surface area (Å²) in [6.07, 6.45) is -1.75. The predicted molar refractivity (Wildman–Crippen MR) is 137 cm³/mol. The molecule has 0 saturated heterocycles. The minimum absolute atomic E-state index is 0.0746. The zero-order chi connectivity index (χ0) is 29.6. The molecule has 0 amide bonds. The summed E-state index contributed by atoms with van der Waals surface area (Å²) in [7, 11) is 2.65. The molecule has 40 heavy (non-hydrogen) atoms. The molecule has 0 bridgehead atoms. The fourth-order valence-corrected chi connectivity index (χ4v) is 4.02. The van der Waals surface area contributed by atoms with E-state index in [4.69, 9.17) is 18.9 Å². The van der Waals surface area contributed by atoms with Crippen LogP contribution in [0, 0.1) is 0 Å². The third-order valence-corrected chi connectivity index (χ3v) is 6.07. The summed E-state index contributed by atoms with van der Waals surface area (Å²) < 4.78 is 20.7. The molecule has 0 spiro atoms. The average Bonchev–Trinajstić information content (AvgIpc) is 2.90. The molecule has 214 valence electrons. The van der Waals surface area contributed by atoms with Crippen molar-refractivity contribution in [2.75, 3.05) is 14.2 Å². The number of hydrogen-bond donors (Lipinski definition) is 6. The number of aliphatic hydroxyl groups is 2. The van der Waals surface area contributed by atoms with Gasteiger partial charge in [0, 0.05) is 25.0 Å². The van der Waals surface area contributed by atoms with Crippen LogP contribution in [0.15, 0.2) is 42.5 Å². The number of esters is 2. The van der Waals surface area contributed by atoms with E-state index in [9.17, 15) is 45.0 Å². The number of carbonyl (C=O) groups excluding carboxylic acids is 2. The molecule has 1 saturated carbocycles. The maximum absolute atomic E-state index is 12.6. The van der Waals surface area contributed by atoms with Gasteiger partial charge in [0.15, 0.2) is 34.7 Å². The van der Waals surface area contributed by atoms with E-state index in [1.54, 1.807) is 0 Å². The van der Waals surface area contributed by atoms with Crippen LogP contribution in [0.1, 0.15) is 24.0 Å². The molecule has 0 aromatic heterocycles. The van der Waals surface area contributed by atoms with Gasteiger partial charge < -0.3 is 49.6 Å². The van der Waals surface area contributed by atoms with Gasteiger partial charge in [-0.05, 0) is 47.5 Å². The Morgan fingerprint density at radius 2 is 1.43 bits per heavy atom.